The molecule has 0 aromatic heterocycles. The van der Waals surface area contributed by atoms with Gasteiger partial charge in [-0.05, 0) is 12.5 Å². The van der Waals surface area contributed by atoms with Gasteiger partial charge < -0.3 is 9.63 Å². The molecule has 130 valence electrons. The van der Waals surface area contributed by atoms with E-state index in [-0.39, 0.29) is 12.2 Å². The molecule has 2 aromatic carbocycles. The van der Waals surface area contributed by atoms with E-state index in [2.05, 4.69) is 0 Å². The second-order valence-corrected chi connectivity index (χ2v) is 7.11. The lowest BCUT2D eigenvalue weighted by Crippen LogP contribution is -2.25. The van der Waals surface area contributed by atoms with Crippen LogP contribution in [-0.2, 0) is 9.09 Å². The van der Waals surface area contributed by atoms with Crippen molar-refractivity contribution in [3.63, 3.8) is 0 Å². The molecule has 0 aliphatic rings. The molecule has 0 unspecified atom stereocenters. The number of aliphatic hydroxyl groups excluding tert-OH is 1. The molecular weight excluding hydrogens is 354 g/mol. The molecule has 1 N–H and O–H groups in total. The summed E-state index contributed by atoms with van der Waals surface area (Å²) in [5.74, 6) is -13.6. The van der Waals surface area contributed by atoms with Gasteiger partial charge >= 0.3 is 0 Å². The third kappa shape index (κ3) is 2.97. The van der Waals surface area contributed by atoms with Crippen LogP contribution >= 0.6 is 7.37 Å². The molecule has 24 heavy (non-hydrogen) atoms. The molecule has 9 heteroatoms. The minimum absolute atomic E-state index is 0.0572. The largest absolute Gasteiger partial charge is 0.378 e. The number of hydrogen-bond acceptors (Lipinski definition) is 3. The number of halogens is 5. The van der Waals surface area contributed by atoms with Crippen LogP contribution in [0.3, 0.4) is 0 Å². The van der Waals surface area contributed by atoms with Gasteiger partial charge in [0.2, 0.25) is 5.82 Å². The quantitative estimate of drug-likeness (QED) is 0.376. The second kappa shape index (κ2) is 7.01. The first-order valence-electron chi connectivity index (χ1n) is 6.75. The van der Waals surface area contributed by atoms with Crippen molar-refractivity contribution < 1.29 is 36.1 Å². The molecule has 0 saturated carbocycles. The van der Waals surface area contributed by atoms with E-state index in [1.807, 2.05) is 0 Å². The molecule has 0 aliphatic heterocycles. The van der Waals surface area contributed by atoms with Crippen LogP contribution in [0.5, 0.6) is 0 Å². The van der Waals surface area contributed by atoms with Crippen LogP contribution in [0.25, 0.3) is 0 Å². The Morgan fingerprint density at radius 2 is 1.42 bits per heavy atom. The van der Waals surface area contributed by atoms with Gasteiger partial charge in [0.05, 0.1) is 6.61 Å². The molecule has 0 saturated heterocycles. The van der Waals surface area contributed by atoms with Crippen molar-refractivity contribution in [3.05, 3.63) is 65.0 Å². The average molecular weight is 366 g/mol. The lowest BCUT2D eigenvalue weighted by Gasteiger charge is -2.25. The van der Waals surface area contributed by atoms with Crippen LogP contribution in [0, 0.1) is 29.1 Å². The minimum atomic E-state index is -4.87. The number of hydrogen-bond donors (Lipinski definition) is 1. The van der Waals surface area contributed by atoms with Gasteiger partial charge in [-0.1, -0.05) is 30.3 Å². The summed E-state index contributed by atoms with van der Waals surface area (Å²) in [6.45, 7) is 0.914. The first-order chi connectivity index (χ1) is 11.3. The van der Waals surface area contributed by atoms with Gasteiger partial charge in [-0.2, -0.15) is 0 Å². The fourth-order valence-corrected chi connectivity index (χ4v) is 4.34. The fourth-order valence-electron chi connectivity index (χ4n) is 2.14. The summed E-state index contributed by atoms with van der Waals surface area (Å²) in [5, 5.41) is 8.61. The molecule has 2 aromatic rings. The Kier molecular flexibility index (Phi) is 5.42. The summed E-state index contributed by atoms with van der Waals surface area (Å²) in [7, 11) is -4.87. The Hall–Kier alpha value is -1.76. The summed E-state index contributed by atoms with van der Waals surface area (Å²) in [5.41, 5.74) is -0.0572. The zero-order valence-electron chi connectivity index (χ0n) is 12.3. The predicted octanol–water partition coefficient (Wildman–Crippen LogP) is 4.01. The maximum Gasteiger partial charge on any atom is 0.270 e. The van der Waals surface area contributed by atoms with E-state index in [0.717, 1.165) is 0 Å². The molecule has 3 nitrogen and oxygen atoms in total. The molecule has 0 spiro atoms. The van der Waals surface area contributed by atoms with Gasteiger partial charge in [-0.3, -0.25) is 4.57 Å². The van der Waals surface area contributed by atoms with Crippen LogP contribution in [0.4, 0.5) is 22.0 Å². The molecule has 2 atom stereocenters. The van der Waals surface area contributed by atoms with E-state index in [9.17, 15) is 31.6 Å². The molecule has 0 heterocycles. The lowest BCUT2D eigenvalue weighted by molar-refractivity contribution is 0.217. The van der Waals surface area contributed by atoms with Crippen LogP contribution in [-0.4, -0.2) is 11.7 Å². The molecule has 0 amide bonds. The zero-order valence-corrected chi connectivity index (χ0v) is 13.2. The van der Waals surface area contributed by atoms with E-state index in [4.69, 9.17) is 4.52 Å². The van der Waals surface area contributed by atoms with Gasteiger partial charge in [0.25, 0.3) is 7.37 Å². The normalized spacial score (nSPS) is 15.1. The van der Waals surface area contributed by atoms with E-state index in [1.54, 1.807) is 6.07 Å². The first kappa shape index (κ1) is 18.6. The molecular formula is C15H12F5O3P. The van der Waals surface area contributed by atoms with E-state index < -0.39 is 47.6 Å². The highest BCUT2D eigenvalue weighted by Gasteiger charge is 2.44. The van der Waals surface area contributed by atoms with Gasteiger partial charge in [0.15, 0.2) is 29.1 Å². The van der Waals surface area contributed by atoms with Crippen molar-refractivity contribution in [1.82, 2.24) is 0 Å². The molecule has 0 radical (unpaired) electrons. The minimum Gasteiger partial charge on any atom is -0.378 e. The summed E-state index contributed by atoms with van der Waals surface area (Å²) >= 11 is 0. The van der Waals surface area contributed by atoms with Crippen molar-refractivity contribution in [3.8, 4) is 0 Å². The Labute approximate surface area is 134 Å². The summed E-state index contributed by atoms with van der Waals surface area (Å²) < 4.78 is 85.8. The van der Waals surface area contributed by atoms with Gasteiger partial charge in [-0.15, -0.1) is 0 Å². The molecule has 2 rings (SSSR count). The van der Waals surface area contributed by atoms with Crippen molar-refractivity contribution in [1.29, 1.82) is 0 Å². The van der Waals surface area contributed by atoms with Crippen molar-refractivity contribution in [2.75, 3.05) is 6.61 Å². The first-order valence-corrected chi connectivity index (χ1v) is 8.44. The maximum atomic E-state index is 14.0. The van der Waals surface area contributed by atoms with Crippen LogP contribution in [0.15, 0.2) is 30.3 Å². The highest BCUT2D eigenvalue weighted by atomic mass is 31.2. The Bertz CT molecular complexity index is 768. The van der Waals surface area contributed by atoms with Crippen LogP contribution < -0.4 is 5.30 Å². The highest BCUT2D eigenvalue weighted by Crippen LogP contribution is 2.58. The van der Waals surface area contributed by atoms with Gasteiger partial charge in [0.1, 0.15) is 5.30 Å². The average Bonchev–Trinajstić information content (AvgIpc) is 2.58. The summed E-state index contributed by atoms with van der Waals surface area (Å²) in [4.78, 5) is 0. The maximum absolute atomic E-state index is 14.0. The second-order valence-electron chi connectivity index (χ2n) is 4.72. The number of aliphatic hydroxyl groups is 1. The molecule has 0 bridgehead atoms. The zero-order chi connectivity index (χ0) is 18.1. The predicted molar refractivity (Wildman–Crippen MR) is 76.5 cm³/mol. The Morgan fingerprint density at radius 1 is 0.958 bits per heavy atom. The highest BCUT2D eigenvalue weighted by molar-refractivity contribution is 7.67. The Morgan fingerprint density at radius 3 is 1.88 bits per heavy atom. The summed E-state index contributed by atoms with van der Waals surface area (Å²) in [6, 6.07) is 6.99. The van der Waals surface area contributed by atoms with Crippen LogP contribution in [0.1, 0.15) is 18.3 Å². The van der Waals surface area contributed by atoms with E-state index in [0.29, 0.717) is 0 Å². The molecule has 0 fully saturated rings. The fraction of sp³-hybridized carbons (Fsp3) is 0.200. The molecule has 0 aliphatic carbocycles. The number of rotatable bonds is 5. The smallest absolute Gasteiger partial charge is 0.270 e. The topological polar surface area (TPSA) is 46.5 Å². The standard InChI is InChI=1S/C15H12F5O3P/c1-2-23-24(22,15(21)8-6-4-3-5-7-8)14-12(19)10(17)9(16)11(18)13(14)20/h3-7,15,21H,2H2,1H3/t15-,24+/m0/s1. The summed E-state index contributed by atoms with van der Waals surface area (Å²) in [6.07, 6.45) is 0. The van der Waals surface area contributed by atoms with Crippen LogP contribution in [0.2, 0.25) is 0 Å². The van der Waals surface area contributed by atoms with Crippen molar-refractivity contribution in [2.24, 2.45) is 0 Å². The van der Waals surface area contributed by atoms with Crippen molar-refractivity contribution >= 4 is 12.7 Å². The third-order valence-electron chi connectivity index (χ3n) is 3.24. The Balaban J connectivity index is 2.75. The third-order valence-corrected chi connectivity index (χ3v) is 5.84. The SMILES string of the molecule is CCO[P@](=O)(c1c(F)c(F)c(F)c(F)c1F)[C@H](O)c1ccccc1. The van der Waals surface area contributed by atoms with E-state index in [1.165, 1.54) is 31.2 Å². The van der Waals surface area contributed by atoms with Gasteiger partial charge in [0, 0.05) is 0 Å². The van der Waals surface area contributed by atoms with E-state index >= 15 is 0 Å². The monoisotopic (exact) mass is 366 g/mol. The number of benzene rings is 2. The van der Waals surface area contributed by atoms with Crippen molar-refractivity contribution in [2.45, 2.75) is 12.8 Å². The lowest BCUT2D eigenvalue weighted by atomic mass is 10.2. The van der Waals surface area contributed by atoms with Gasteiger partial charge in [-0.25, -0.2) is 22.0 Å².